The monoisotopic (exact) mass is 299 g/mol. The van der Waals surface area contributed by atoms with Gasteiger partial charge < -0.3 is 4.57 Å². The molecule has 6 nitrogen and oxygen atoms in total. The quantitative estimate of drug-likeness (QED) is 0.495. The lowest BCUT2D eigenvalue weighted by atomic mass is 10.3. The van der Waals surface area contributed by atoms with Crippen LogP contribution in [0.1, 0.15) is 5.69 Å². The highest BCUT2D eigenvalue weighted by atomic mass is 35.5. The molecule has 0 N–H and O–H groups in total. The number of hydrogen-bond donors (Lipinski definition) is 0. The molecule has 0 saturated heterocycles. The van der Waals surface area contributed by atoms with Gasteiger partial charge in [0, 0.05) is 12.3 Å². The van der Waals surface area contributed by atoms with Crippen molar-refractivity contribution in [1.29, 1.82) is 0 Å². The summed E-state index contributed by atoms with van der Waals surface area (Å²) >= 11 is 11.7. The Kier molecular flexibility index (Phi) is 3.82. The lowest BCUT2D eigenvalue weighted by molar-refractivity contribution is -0.386. The van der Waals surface area contributed by atoms with Crippen molar-refractivity contribution >= 4 is 28.9 Å². The van der Waals surface area contributed by atoms with Crippen LogP contribution in [-0.2, 0) is 6.54 Å². The maximum Gasteiger partial charge on any atom is 0.332 e. The first-order chi connectivity index (χ1) is 8.97. The van der Waals surface area contributed by atoms with Crippen LogP contribution < -0.4 is 5.43 Å². The molecular weight excluding hydrogens is 293 g/mol. The van der Waals surface area contributed by atoms with Gasteiger partial charge in [0.1, 0.15) is 5.15 Å². The number of hydrogen-bond acceptors (Lipinski definition) is 4. The molecule has 0 aliphatic heterocycles. The van der Waals surface area contributed by atoms with Gasteiger partial charge in [-0.25, -0.2) is 4.98 Å². The summed E-state index contributed by atoms with van der Waals surface area (Å²) in [6, 6.07) is 4.25. The predicted molar refractivity (Wildman–Crippen MR) is 70.7 cm³/mol. The predicted octanol–water partition coefficient (Wildman–Crippen LogP) is 2.51. The zero-order chi connectivity index (χ0) is 14.0. The number of rotatable bonds is 3. The van der Waals surface area contributed by atoms with Gasteiger partial charge in [-0.15, -0.1) is 0 Å². The Labute approximate surface area is 117 Å². The fourth-order valence-corrected chi connectivity index (χ4v) is 1.82. The highest BCUT2D eigenvalue weighted by molar-refractivity contribution is 6.32. The van der Waals surface area contributed by atoms with Crippen LogP contribution in [0.25, 0.3) is 0 Å². The van der Waals surface area contributed by atoms with Crippen molar-refractivity contribution in [2.24, 2.45) is 0 Å². The molecule has 0 aliphatic carbocycles. The van der Waals surface area contributed by atoms with Gasteiger partial charge in [0.15, 0.2) is 0 Å². The van der Waals surface area contributed by atoms with E-state index in [0.717, 1.165) is 12.3 Å². The van der Waals surface area contributed by atoms with Gasteiger partial charge >= 0.3 is 5.69 Å². The summed E-state index contributed by atoms with van der Waals surface area (Å²) in [6.45, 7) is 0.181. The highest BCUT2D eigenvalue weighted by Crippen LogP contribution is 2.18. The molecule has 0 bridgehead atoms. The van der Waals surface area contributed by atoms with Crippen molar-refractivity contribution in [3.8, 4) is 0 Å². The van der Waals surface area contributed by atoms with Crippen LogP contribution in [0.5, 0.6) is 0 Å². The Balaban J connectivity index is 2.39. The van der Waals surface area contributed by atoms with Crippen LogP contribution >= 0.6 is 23.2 Å². The van der Waals surface area contributed by atoms with Crippen LogP contribution in [0.3, 0.4) is 0 Å². The summed E-state index contributed by atoms with van der Waals surface area (Å²) in [4.78, 5) is 25.2. The maximum absolute atomic E-state index is 11.3. The number of aromatic nitrogens is 2. The number of halogens is 2. The molecule has 0 fully saturated rings. The van der Waals surface area contributed by atoms with Crippen LogP contribution in [0.2, 0.25) is 10.2 Å². The van der Waals surface area contributed by atoms with E-state index in [2.05, 4.69) is 4.98 Å². The van der Waals surface area contributed by atoms with Crippen LogP contribution in [0, 0.1) is 10.1 Å². The number of nitrogens with zero attached hydrogens (tertiary/aromatic N) is 3. The normalized spacial score (nSPS) is 10.4. The third-order valence-corrected chi connectivity index (χ3v) is 2.93. The topological polar surface area (TPSA) is 78.0 Å². The van der Waals surface area contributed by atoms with Crippen LogP contribution in [0.15, 0.2) is 35.4 Å². The summed E-state index contributed by atoms with van der Waals surface area (Å²) in [6.07, 6.45) is 2.56. The van der Waals surface area contributed by atoms with Crippen molar-refractivity contribution in [1.82, 2.24) is 9.55 Å². The zero-order valence-corrected chi connectivity index (χ0v) is 10.9. The summed E-state index contributed by atoms with van der Waals surface area (Å²) in [5.74, 6) is 0. The molecule has 98 valence electrons. The minimum atomic E-state index is -0.730. The Morgan fingerprint density at radius 1 is 1.32 bits per heavy atom. The summed E-state index contributed by atoms with van der Waals surface area (Å²) in [5.41, 5.74) is -0.681. The van der Waals surface area contributed by atoms with Gasteiger partial charge in [-0.2, -0.15) is 0 Å². The second kappa shape index (κ2) is 5.38. The van der Waals surface area contributed by atoms with Crippen molar-refractivity contribution in [2.75, 3.05) is 0 Å². The zero-order valence-electron chi connectivity index (χ0n) is 9.42. The van der Waals surface area contributed by atoms with E-state index in [0.29, 0.717) is 10.7 Å². The second-order valence-corrected chi connectivity index (χ2v) is 4.48. The van der Waals surface area contributed by atoms with Gasteiger partial charge in [-0.05, 0) is 12.1 Å². The molecule has 8 heteroatoms. The van der Waals surface area contributed by atoms with Crippen molar-refractivity contribution in [3.05, 3.63) is 66.8 Å². The van der Waals surface area contributed by atoms with Crippen molar-refractivity contribution in [3.63, 3.8) is 0 Å². The molecular formula is C11H7Cl2N3O3. The lowest BCUT2D eigenvalue weighted by Crippen LogP contribution is -2.12. The Hall–Kier alpha value is -1.92. The highest BCUT2D eigenvalue weighted by Gasteiger charge is 2.12. The molecule has 0 spiro atoms. The molecule has 0 aliphatic rings. The largest absolute Gasteiger partial charge is 0.342 e. The van der Waals surface area contributed by atoms with Gasteiger partial charge in [-0.1, -0.05) is 23.2 Å². The van der Waals surface area contributed by atoms with E-state index in [1.54, 1.807) is 12.1 Å². The van der Waals surface area contributed by atoms with E-state index in [9.17, 15) is 14.9 Å². The van der Waals surface area contributed by atoms with Gasteiger partial charge in [0.2, 0.25) is 0 Å². The van der Waals surface area contributed by atoms with E-state index >= 15 is 0 Å². The molecule has 2 rings (SSSR count). The summed E-state index contributed by atoms with van der Waals surface area (Å²) in [5, 5.41) is 11.3. The minimum absolute atomic E-state index is 0.181. The van der Waals surface area contributed by atoms with E-state index in [4.69, 9.17) is 23.2 Å². The Morgan fingerprint density at radius 2 is 2.05 bits per heavy atom. The third kappa shape index (κ3) is 3.10. The maximum atomic E-state index is 11.3. The first kappa shape index (κ1) is 13.5. The third-order valence-electron chi connectivity index (χ3n) is 2.37. The molecule has 0 atom stereocenters. The van der Waals surface area contributed by atoms with Crippen LogP contribution in [-0.4, -0.2) is 14.5 Å². The number of nitro groups is 1. The average Bonchev–Trinajstić information content (AvgIpc) is 2.36. The van der Waals surface area contributed by atoms with Crippen molar-refractivity contribution < 1.29 is 4.92 Å². The van der Waals surface area contributed by atoms with E-state index in [1.165, 1.54) is 10.8 Å². The molecule has 0 amide bonds. The van der Waals surface area contributed by atoms with Gasteiger partial charge in [0.25, 0.3) is 5.43 Å². The summed E-state index contributed by atoms with van der Waals surface area (Å²) in [7, 11) is 0. The van der Waals surface area contributed by atoms with Gasteiger partial charge in [0.05, 0.1) is 28.4 Å². The Bertz CT molecular complexity index is 700. The van der Waals surface area contributed by atoms with E-state index in [1.807, 2.05) is 0 Å². The molecule has 0 radical (unpaired) electrons. The first-order valence-corrected chi connectivity index (χ1v) is 5.88. The average molecular weight is 300 g/mol. The lowest BCUT2D eigenvalue weighted by Gasteiger charge is -2.07. The Morgan fingerprint density at radius 3 is 2.74 bits per heavy atom. The van der Waals surface area contributed by atoms with E-state index in [-0.39, 0.29) is 11.7 Å². The van der Waals surface area contributed by atoms with E-state index < -0.39 is 16.0 Å². The van der Waals surface area contributed by atoms with Crippen molar-refractivity contribution in [2.45, 2.75) is 6.54 Å². The molecule has 0 aromatic carbocycles. The minimum Gasteiger partial charge on any atom is -0.342 e. The van der Waals surface area contributed by atoms with Gasteiger partial charge in [-0.3, -0.25) is 14.9 Å². The molecule has 2 aromatic heterocycles. The summed E-state index contributed by atoms with van der Waals surface area (Å²) < 4.78 is 1.45. The molecule has 2 aromatic rings. The first-order valence-electron chi connectivity index (χ1n) is 5.13. The molecule has 0 unspecified atom stereocenters. The second-order valence-electron chi connectivity index (χ2n) is 3.69. The van der Waals surface area contributed by atoms with Crippen LogP contribution in [0.4, 0.5) is 5.69 Å². The SMILES string of the molecule is O=c1ccn(Cc2nc(Cl)ccc2Cl)cc1[N+](=O)[O-]. The number of pyridine rings is 2. The fourth-order valence-electron chi connectivity index (χ4n) is 1.49. The molecule has 19 heavy (non-hydrogen) atoms. The molecule has 2 heterocycles. The standard InChI is InChI=1S/C11H7Cl2N3O3/c12-7-1-2-11(13)14-8(7)5-15-4-3-10(17)9(6-15)16(18)19/h1-4,6H,5H2. The smallest absolute Gasteiger partial charge is 0.332 e. The fraction of sp³-hybridized carbons (Fsp3) is 0.0909. The molecule has 0 saturated carbocycles.